The van der Waals surface area contributed by atoms with Gasteiger partial charge in [-0.3, -0.25) is 0 Å². The number of thiophene rings is 1. The van der Waals surface area contributed by atoms with E-state index in [0.717, 1.165) is 12.0 Å². The second-order valence-corrected chi connectivity index (χ2v) is 7.36. The van der Waals surface area contributed by atoms with Crippen LogP contribution >= 0.6 is 11.3 Å². The molecule has 2 unspecified atom stereocenters. The van der Waals surface area contributed by atoms with Crippen molar-refractivity contribution in [2.24, 2.45) is 11.7 Å². The number of nitrogens with one attached hydrogen (secondary N) is 1. The predicted octanol–water partition coefficient (Wildman–Crippen LogP) is 0.910. The molecular formula is C11H18N2O3S2. The van der Waals surface area contributed by atoms with Crippen LogP contribution in [0.4, 0.5) is 0 Å². The Morgan fingerprint density at radius 2 is 2.44 bits per heavy atom. The third kappa shape index (κ3) is 3.10. The van der Waals surface area contributed by atoms with Gasteiger partial charge in [0.2, 0.25) is 10.0 Å². The zero-order chi connectivity index (χ0) is 13.2. The summed E-state index contributed by atoms with van der Waals surface area (Å²) in [5, 5.41) is 1.78. The Morgan fingerprint density at radius 1 is 1.67 bits per heavy atom. The van der Waals surface area contributed by atoms with E-state index in [1.807, 2.05) is 6.92 Å². The summed E-state index contributed by atoms with van der Waals surface area (Å²) in [5.41, 5.74) is 6.33. The van der Waals surface area contributed by atoms with Crippen molar-refractivity contribution in [3.05, 3.63) is 17.0 Å². The highest BCUT2D eigenvalue weighted by Crippen LogP contribution is 2.22. The van der Waals surface area contributed by atoms with Crippen LogP contribution in [-0.2, 0) is 21.3 Å². The quantitative estimate of drug-likeness (QED) is 0.844. The lowest BCUT2D eigenvalue weighted by atomic mass is 10.0. The van der Waals surface area contributed by atoms with Crippen molar-refractivity contribution < 1.29 is 13.2 Å². The van der Waals surface area contributed by atoms with Crippen LogP contribution in [0.2, 0.25) is 0 Å². The molecule has 1 aromatic rings. The Bertz CT molecular complexity index is 492. The number of hydrogen-bond acceptors (Lipinski definition) is 5. The molecule has 2 rings (SSSR count). The van der Waals surface area contributed by atoms with Crippen molar-refractivity contribution in [2.75, 3.05) is 13.2 Å². The van der Waals surface area contributed by atoms with E-state index in [4.69, 9.17) is 10.5 Å². The molecule has 3 N–H and O–H groups in total. The Kier molecular flexibility index (Phi) is 4.39. The maximum absolute atomic E-state index is 12.1. The smallest absolute Gasteiger partial charge is 0.250 e. The molecule has 0 radical (unpaired) electrons. The van der Waals surface area contributed by atoms with Gasteiger partial charge in [0, 0.05) is 25.1 Å². The second-order valence-electron chi connectivity index (χ2n) is 4.51. The molecule has 5 nitrogen and oxygen atoms in total. The molecule has 102 valence electrons. The lowest BCUT2D eigenvalue weighted by Crippen LogP contribution is -2.38. The van der Waals surface area contributed by atoms with E-state index in [9.17, 15) is 8.42 Å². The van der Waals surface area contributed by atoms with E-state index < -0.39 is 10.0 Å². The lowest BCUT2D eigenvalue weighted by Gasteiger charge is -2.18. The molecule has 1 aromatic heterocycles. The van der Waals surface area contributed by atoms with Crippen molar-refractivity contribution in [1.29, 1.82) is 0 Å². The van der Waals surface area contributed by atoms with E-state index in [1.54, 1.807) is 11.4 Å². The average Bonchev–Trinajstić information content (AvgIpc) is 3.00. The first-order valence-electron chi connectivity index (χ1n) is 5.90. The summed E-state index contributed by atoms with van der Waals surface area (Å²) in [7, 11) is -3.43. The van der Waals surface area contributed by atoms with Crippen LogP contribution in [0.1, 0.15) is 18.9 Å². The highest BCUT2D eigenvalue weighted by atomic mass is 32.2. The summed E-state index contributed by atoms with van der Waals surface area (Å²) in [4.78, 5) is 0. The van der Waals surface area contributed by atoms with Crippen LogP contribution in [0.25, 0.3) is 0 Å². The normalized spacial score (nSPS) is 22.2. The van der Waals surface area contributed by atoms with Gasteiger partial charge in [-0.25, -0.2) is 13.1 Å². The van der Waals surface area contributed by atoms with Gasteiger partial charge in [-0.15, -0.1) is 11.3 Å². The third-order valence-electron chi connectivity index (χ3n) is 3.14. The van der Waals surface area contributed by atoms with Crippen molar-refractivity contribution in [1.82, 2.24) is 4.72 Å². The Balaban J connectivity index is 2.06. The fourth-order valence-electron chi connectivity index (χ4n) is 1.95. The largest absolute Gasteiger partial charge is 0.381 e. The van der Waals surface area contributed by atoms with Gasteiger partial charge in [-0.2, -0.15) is 0 Å². The van der Waals surface area contributed by atoms with Gasteiger partial charge >= 0.3 is 0 Å². The Hall–Kier alpha value is -0.470. The van der Waals surface area contributed by atoms with Crippen LogP contribution in [0.15, 0.2) is 15.7 Å². The predicted molar refractivity (Wildman–Crippen MR) is 70.9 cm³/mol. The second kappa shape index (κ2) is 5.66. The minimum atomic E-state index is -3.43. The molecule has 0 saturated carbocycles. The fraction of sp³-hybridized carbons (Fsp3) is 0.636. The summed E-state index contributed by atoms with van der Waals surface area (Å²) >= 11 is 1.20. The highest BCUT2D eigenvalue weighted by Gasteiger charge is 2.27. The van der Waals surface area contributed by atoms with E-state index >= 15 is 0 Å². The summed E-state index contributed by atoms with van der Waals surface area (Å²) < 4.78 is 32.6. The molecule has 1 aliphatic rings. The number of nitrogens with two attached hydrogens (primary N) is 1. The molecular weight excluding hydrogens is 272 g/mol. The van der Waals surface area contributed by atoms with Gasteiger partial charge in [-0.05, 0) is 30.4 Å². The lowest BCUT2D eigenvalue weighted by molar-refractivity contribution is 0.180. The van der Waals surface area contributed by atoms with Crippen molar-refractivity contribution in [3.63, 3.8) is 0 Å². The van der Waals surface area contributed by atoms with E-state index in [2.05, 4.69) is 4.72 Å². The summed E-state index contributed by atoms with van der Waals surface area (Å²) in [6.07, 6.45) is 0.905. The zero-order valence-electron chi connectivity index (χ0n) is 10.3. The van der Waals surface area contributed by atoms with Crippen LogP contribution in [0.3, 0.4) is 0 Å². The van der Waals surface area contributed by atoms with Crippen molar-refractivity contribution in [3.8, 4) is 0 Å². The van der Waals surface area contributed by atoms with Gasteiger partial charge in [0.1, 0.15) is 4.21 Å². The van der Waals surface area contributed by atoms with E-state index in [1.165, 1.54) is 11.3 Å². The highest BCUT2D eigenvalue weighted by molar-refractivity contribution is 7.91. The third-order valence-corrected chi connectivity index (χ3v) is 6.19. The molecule has 1 fully saturated rings. The first-order chi connectivity index (χ1) is 8.53. The van der Waals surface area contributed by atoms with Crippen molar-refractivity contribution in [2.45, 2.75) is 30.1 Å². The minimum Gasteiger partial charge on any atom is -0.381 e. The van der Waals surface area contributed by atoms with Crippen molar-refractivity contribution >= 4 is 21.4 Å². The number of hydrogen-bond donors (Lipinski definition) is 2. The van der Waals surface area contributed by atoms with Crippen LogP contribution in [0.5, 0.6) is 0 Å². The minimum absolute atomic E-state index is 0.110. The average molecular weight is 290 g/mol. The molecule has 18 heavy (non-hydrogen) atoms. The summed E-state index contributed by atoms with van der Waals surface area (Å²) in [6.45, 7) is 3.58. The molecule has 7 heteroatoms. The molecule has 0 aromatic carbocycles. The van der Waals surface area contributed by atoms with Gasteiger partial charge < -0.3 is 10.5 Å². The molecule has 2 heterocycles. The van der Waals surface area contributed by atoms with Crippen LogP contribution < -0.4 is 10.5 Å². The Morgan fingerprint density at radius 3 is 3.00 bits per heavy atom. The van der Waals surface area contributed by atoms with E-state index in [0.29, 0.717) is 24.0 Å². The molecule has 2 atom stereocenters. The molecule has 0 amide bonds. The number of rotatable bonds is 5. The maximum Gasteiger partial charge on any atom is 0.250 e. The Labute approximate surface area is 111 Å². The molecule has 1 aliphatic heterocycles. The van der Waals surface area contributed by atoms with Crippen LogP contribution in [-0.4, -0.2) is 27.7 Å². The number of sulfonamides is 1. The molecule has 0 bridgehead atoms. The monoisotopic (exact) mass is 290 g/mol. The van der Waals surface area contributed by atoms with Gasteiger partial charge in [0.15, 0.2) is 0 Å². The van der Waals surface area contributed by atoms with Crippen LogP contribution in [0, 0.1) is 5.92 Å². The summed E-state index contributed by atoms with van der Waals surface area (Å²) in [5.74, 6) is 0.258. The molecule has 0 spiro atoms. The SMILES string of the molecule is CC(NS(=O)(=O)c1cc(CN)cs1)C1CCOC1. The first kappa shape index (κ1) is 14.0. The molecule has 1 saturated heterocycles. The van der Waals surface area contributed by atoms with E-state index in [-0.39, 0.29) is 12.0 Å². The van der Waals surface area contributed by atoms with Gasteiger partial charge in [-0.1, -0.05) is 0 Å². The topological polar surface area (TPSA) is 81.4 Å². The van der Waals surface area contributed by atoms with Gasteiger partial charge in [0.25, 0.3) is 0 Å². The maximum atomic E-state index is 12.1. The standard InChI is InChI=1S/C11H18N2O3S2/c1-8(10-2-3-16-6-10)13-18(14,15)11-4-9(5-12)7-17-11/h4,7-8,10,13H,2-3,5-6,12H2,1H3. The summed E-state index contributed by atoms with van der Waals surface area (Å²) in [6, 6.07) is 1.52. The zero-order valence-corrected chi connectivity index (χ0v) is 11.9. The fourth-order valence-corrected chi connectivity index (χ4v) is 4.50. The molecule has 0 aliphatic carbocycles. The number of ether oxygens (including phenoxy) is 1. The van der Waals surface area contributed by atoms with Gasteiger partial charge in [0.05, 0.1) is 6.61 Å². The first-order valence-corrected chi connectivity index (χ1v) is 8.27.